The van der Waals surface area contributed by atoms with E-state index in [9.17, 15) is 18.3 Å². The smallest absolute Gasteiger partial charge is 0.387 e. The van der Waals surface area contributed by atoms with Crippen LogP contribution in [0, 0.1) is 0 Å². The number of alkyl halides is 3. The number of hydrogen-bond donors (Lipinski definition) is 2. The Morgan fingerprint density at radius 1 is 1.25 bits per heavy atom. The molecule has 1 rings (SSSR count). The van der Waals surface area contributed by atoms with E-state index in [0.29, 0.717) is 12.1 Å². The number of benzene rings is 1. The van der Waals surface area contributed by atoms with Gasteiger partial charge >= 0.3 is 6.18 Å². The molecule has 0 amide bonds. The zero-order chi connectivity index (χ0) is 15.2. The van der Waals surface area contributed by atoms with Crippen molar-refractivity contribution < 1.29 is 18.3 Å². The Labute approximate surface area is 121 Å². The molecule has 0 aliphatic heterocycles. The molecule has 1 aromatic carbocycles. The third-order valence-electron chi connectivity index (χ3n) is 3.04. The Hall–Kier alpha value is -0.720. The minimum absolute atomic E-state index is 0.270. The summed E-state index contributed by atoms with van der Waals surface area (Å²) in [5, 5.41) is 13.1. The van der Waals surface area contributed by atoms with Crippen molar-refractivity contribution in [1.29, 1.82) is 0 Å². The number of nitrogens with one attached hydrogen (secondary N) is 1. The number of aliphatic hydroxyl groups is 1. The third kappa shape index (κ3) is 5.73. The first-order chi connectivity index (χ1) is 9.34. The molecule has 0 aliphatic carbocycles. The molecule has 0 aromatic heterocycles. The zero-order valence-corrected chi connectivity index (χ0v) is 12.4. The lowest BCUT2D eigenvalue weighted by molar-refractivity contribution is -0.137. The van der Waals surface area contributed by atoms with Crippen molar-refractivity contribution in [3.8, 4) is 0 Å². The van der Waals surface area contributed by atoms with Gasteiger partial charge in [0, 0.05) is 12.6 Å². The van der Waals surface area contributed by atoms with Crippen LogP contribution in [0.4, 0.5) is 13.2 Å². The Morgan fingerprint density at radius 2 is 1.85 bits per heavy atom. The molecule has 0 saturated heterocycles. The van der Waals surface area contributed by atoms with Gasteiger partial charge in [-0.05, 0) is 43.0 Å². The van der Waals surface area contributed by atoms with Crippen molar-refractivity contribution in [3.63, 3.8) is 0 Å². The summed E-state index contributed by atoms with van der Waals surface area (Å²) in [5.74, 6) is 1.03. The van der Waals surface area contributed by atoms with Crippen molar-refractivity contribution in [2.75, 3.05) is 18.6 Å². The maximum absolute atomic E-state index is 12.4. The quantitative estimate of drug-likeness (QED) is 0.809. The van der Waals surface area contributed by atoms with Crippen LogP contribution in [-0.4, -0.2) is 29.7 Å². The average molecular weight is 307 g/mol. The summed E-state index contributed by atoms with van der Waals surface area (Å²) in [6, 6.07) is 4.90. The van der Waals surface area contributed by atoms with Gasteiger partial charge in [-0.3, -0.25) is 0 Å². The van der Waals surface area contributed by atoms with Crippen molar-refractivity contribution in [3.05, 3.63) is 35.4 Å². The van der Waals surface area contributed by atoms with E-state index in [2.05, 4.69) is 5.32 Å². The van der Waals surface area contributed by atoms with Gasteiger partial charge in [0.05, 0.1) is 11.7 Å². The van der Waals surface area contributed by atoms with Crippen LogP contribution in [0.3, 0.4) is 0 Å². The van der Waals surface area contributed by atoms with E-state index >= 15 is 0 Å². The standard InChI is InChI=1S/C14H20F3NOS/c1-10(7-8-20-2)18-9-13(19)11-3-5-12(6-4-11)14(15,16)17/h3-6,10,13,18-19H,7-9H2,1-2H3. The second-order valence-corrected chi connectivity index (χ2v) is 5.71. The van der Waals surface area contributed by atoms with Crippen LogP contribution < -0.4 is 5.32 Å². The number of halogens is 3. The first-order valence-corrected chi connectivity index (χ1v) is 7.81. The average Bonchev–Trinajstić information content (AvgIpc) is 2.41. The van der Waals surface area contributed by atoms with Crippen molar-refractivity contribution in [2.24, 2.45) is 0 Å². The molecule has 0 radical (unpaired) electrons. The molecule has 0 aliphatic rings. The molecule has 0 fully saturated rings. The van der Waals surface area contributed by atoms with E-state index in [-0.39, 0.29) is 6.04 Å². The largest absolute Gasteiger partial charge is 0.416 e. The fraction of sp³-hybridized carbons (Fsp3) is 0.571. The number of aliphatic hydroxyl groups excluding tert-OH is 1. The highest BCUT2D eigenvalue weighted by molar-refractivity contribution is 7.98. The van der Waals surface area contributed by atoms with Gasteiger partial charge in [-0.2, -0.15) is 24.9 Å². The summed E-state index contributed by atoms with van der Waals surface area (Å²) in [6.45, 7) is 2.36. The molecule has 2 unspecified atom stereocenters. The monoisotopic (exact) mass is 307 g/mol. The van der Waals surface area contributed by atoms with E-state index in [0.717, 1.165) is 24.3 Å². The Kier molecular flexibility index (Phi) is 6.85. The number of hydrogen-bond acceptors (Lipinski definition) is 3. The van der Waals surface area contributed by atoms with Crippen molar-refractivity contribution in [2.45, 2.75) is 31.7 Å². The van der Waals surface area contributed by atoms with E-state index in [1.54, 1.807) is 11.8 Å². The third-order valence-corrected chi connectivity index (χ3v) is 3.68. The molecule has 6 heteroatoms. The van der Waals surface area contributed by atoms with Crippen LogP contribution in [0.2, 0.25) is 0 Å². The second-order valence-electron chi connectivity index (χ2n) is 4.73. The summed E-state index contributed by atoms with van der Waals surface area (Å²) in [7, 11) is 0. The first kappa shape index (κ1) is 17.3. The molecule has 0 saturated carbocycles. The van der Waals surface area contributed by atoms with Crippen LogP contribution in [0.25, 0.3) is 0 Å². The highest BCUT2D eigenvalue weighted by Gasteiger charge is 2.30. The lowest BCUT2D eigenvalue weighted by atomic mass is 10.1. The summed E-state index contributed by atoms with van der Waals surface area (Å²) in [4.78, 5) is 0. The Morgan fingerprint density at radius 3 is 2.35 bits per heavy atom. The summed E-state index contributed by atoms with van der Waals surface area (Å²) >= 11 is 1.76. The molecule has 2 atom stereocenters. The molecule has 0 bridgehead atoms. The topological polar surface area (TPSA) is 32.3 Å². The Bertz CT molecular complexity index is 394. The molecule has 0 heterocycles. The predicted molar refractivity (Wildman–Crippen MR) is 76.9 cm³/mol. The highest BCUT2D eigenvalue weighted by atomic mass is 32.2. The van der Waals surface area contributed by atoms with Gasteiger partial charge in [-0.15, -0.1) is 0 Å². The molecule has 1 aromatic rings. The zero-order valence-electron chi connectivity index (χ0n) is 11.6. The maximum atomic E-state index is 12.4. The maximum Gasteiger partial charge on any atom is 0.416 e. The van der Waals surface area contributed by atoms with Gasteiger partial charge in [0.15, 0.2) is 0 Å². The van der Waals surface area contributed by atoms with E-state index < -0.39 is 17.8 Å². The van der Waals surface area contributed by atoms with Crippen LogP contribution in [0.15, 0.2) is 24.3 Å². The molecule has 20 heavy (non-hydrogen) atoms. The summed E-state index contributed by atoms with van der Waals surface area (Å²) in [5.41, 5.74) is -0.211. The fourth-order valence-electron chi connectivity index (χ4n) is 1.72. The van der Waals surface area contributed by atoms with Crippen LogP contribution >= 0.6 is 11.8 Å². The van der Waals surface area contributed by atoms with E-state index in [1.807, 2.05) is 13.2 Å². The summed E-state index contributed by atoms with van der Waals surface area (Å²) < 4.78 is 37.2. The molecule has 114 valence electrons. The van der Waals surface area contributed by atoms with Gasteiger partial charge < -0.3 is 10.4 Å². The van der Waals surface area contributed by atoms with Crippen molar-refractivity contribution in [1.82, 2.24) is 5.32 Å². The van der Waals surface area contributed by atoms with Gasteiger partial charge in [0.1, 0.15) is 0 Å². The highest BCUT2D eigenvalue weighted by Crippen LogP contribution is 2.29. The number of thioether (sulfide) groups is 1. The molecule has 2 nitrogen and oxygen atoms in total. The normalized spacial score (nSPS) is 15.1. The van der Waals surface area contributed by atoms with E-state index in [4.69, 9.17) is 0 Å². The van der Waals surface area contributed by atoms with Crippen LogP contribution in [0.1, 0.15) is 30.6 Å². The Balaban J connectivity index is 2.49. The minimum atomic E-state index is -4.34. The molecule has 2 N–H and O–H groups in total. The lowest BCUT2D eigenvalue weighted by Gasteiger charge is -2.17. The summed E-state index contributed by atoms with van der Waals surface area (Å²) in [6.07, 6.45) is -2.12. The van der Waals surface area contributed by atoms with Crippen molar-refractivity contribution >= 4 is 11.8 Å². The van der Waals surface area contributed by atoms with Gasteiger partial charge in [-0.1, -0.05) is 12.1 Å². The SMILES string of the molecule is CSCCC(C)NCC(O)c1ccc(C(F)(F)F)cc1. The van der Waals surface area contributed by atoms with E-state index in [1.165, 1.54) is 12.1 Å². The van der Waals surface area contributed by atoms with Gasteiger partial charge in [-0.25, -0.2) is 0 Å². The molecule has 0 spiro atoms. The molecular weight excluding hydrogens is 287 g/mol. The minimum Gasteiger partial charge on any atom is -0.387 e. The molecular formula is C14H20F3NOS. The van der Waals surface area contributed by atoms with Gasteiger partial charge in [0.2, 0.25) is 0 Å². The van der Waals surface area contributed by atoms with Crippen LogP contribution in [0.5, 0.6) is 0 Å². The number of rotatable bonds is 7. The second kappa shape index (κ2) is 7.90. The van der Waals surface area contributed by atoms with Crippen LogP contribution in [-0.2, 0) is 6.18 Å². The fourth-order valence-corrected chi connectivity index (χ4v) is 2.31. The first-order valence-electron chi connectivity index (χ1n) is 6.42. The van der Waals surface area contributed by atoms with Gasteiger partial charge in [0.25, 0.3) is 0 Å². The predicted octanol–water partition coefficient (Wildman–Crippen LogP) is 3.47. The lowest BCUT2D eigenvalue weighted by Crippen LogP contribution is -2.30.